The summed E-state index contributed by atoms with van der Waals surface area (Å²) < 4.78 is 24.1. The van der Waals surface area contributed by atoms with Crippen molar-refractivity contribution in [2.24, 2.45) is 5.73 Å². The second kappa shape index (κ2) is 4.18. The van der Waals surface area contributed by atoms with Gasteiger partial charge in [0, 0.05) is 11.1 Å². The number of rotatable bonds is 3. The molecule has 1 fully saturated rings. The second-order valence-corrected chi connectivity index (χ2v) is 4.63. The summed E-state index contributed by atoms with van der Waals surface area (Å²) in [6, 6.07) is 1.46. The van der Waals surface area contributed by atoms with Crippen molar-refractivity contribution in [1.82, 2.24) is 0 Å². The highest BCUT2D eigenvalue weighted by molar-refractivity contribution is 5.55. The summed E-state index contributed by atoms with van der Waals surface area (Å²) >= 11 is 0. The molecule has 0 radical (unpaired) electrons. The van der Waals surface area contributed by atoms with Crippen LogP contribution in [0.4, 0.5) is 4.39 Å². The van der Waals surface area contributed by atoms with Crippen LogP contribution in [0.2, 0.25) is 0 Å². The van der Waals surface area contributed by atoms with Crippen molar-refractivity contribution in [3.8, 4) is 11.5 Å². The van der Waals surface area contributed by atoms with Gasteiger partial charge in [-0.25, -0.2) is 4.39 Å². The average molecular weight is 239 g/mol. The highest BCUT2D eigenvalue weighted by Crippen LogP contribution is 2.48. The molecule has 0 bridgehead atoms. The van der Waals surface area contributed by atoms with Crippen LogP contribution in [0.1, 0.15) is 30.4 Å². The number of aryl methyl sites for hydroxylation is 1. The van der Waals surface area contributed by atoms with Gasteiger partial charge in [0.05, 0.1) is 14.2 Å². The Morgan fingerprint density at radius 1 is 1.24 bits per heavy atom. The number of hydrogen-bond donors (Lipinski definition) is 1. The van der Waals surface area contributed by atoms with E-state index in [2.05, 4.69) is 0 Å². The largest absolute Gasteiger partial charge is 0.492 e. The van der Waals surface area contributed by atoms with Gasteiger partial charge in [-0.3, -0.25) is 0 Å². The summed E-state index contributed by atoms with van der Waals surface area (Å²) in [4.78, 5) is 0. The Morgan fingerprint density at radius 2 is 1.82 bits per heavy atom. The first-order chi connectivity index (χ1) is 8.03. The summed E-state index contributed by atoms with van der Waals surface area (Å²) in [6.07, 6.45) is 2.90. The maximum Gasteiger partial charge on any atom is 0.197 e. The molecule has 1 aromatic rings. The molecule has 0 aliphatic heterocycles. The number of methoxy groups -OCH3 is 2. The van der Waals surface area contributed by atoms with E-state index in [1.165, 1.54) is 20.3 Å². The van der Waals surface area contributed by atoms with Crippen molar-refractivity contribution >= 4 is 0 Å². The molecule has 1 aliphatic carbocycles. The Kier molecular flexibility index (Phi) is 3.00. The number of hydrogen-bond acceptors (Lipinski definition) is 3. The van der Waals surface area contributed by atoms with E-state index in [4.69, 9.17) is 15.2 Å². The van der Waals surface area contributed by atoms with Gasteiger partial charge in [0.1, 0.15) is 0 Å². The van der Waals surface area contributed by atoms with Crippen molar-refractivity contribution in [2.45, 2.75) is 31.7 Å². The van der Waals surface area contributed by atoms with Crippen molar-refractivity contribution in [2.75, 3.05) is 14.2 Å². The SMILES string of the molecule is COc1c(F)cc(C)c(C2(N)CCC2)c1OC. The molecule has 0 saturated heterocycles. The third-order valence-electron chi connectivity index (χ3n) is 3.54. The Balaban J connectivity index is 2.64. The Morgan fingerprint density at radius 3 is 2.24 bits per heavy atom. The Bertz CT molecular complexity index is 442. The first-order valence-electron chi connectivity index (χ1n) is 5.74. The van der Waals surface area contributed by atoms with Crippen LogP contribution in [0.15, 0.2) is 6.07 Å². The van der Waals surface area contributed by atoms with Gasteiger partial charge in [0.25, 0.3) is 0 Å². The predicted octanol–water partition coefficient (Wildman–Crippen LogP) is 2.49. The van der Waals surface area contributed by atoms with Crippen LogP contribution in [0.5, 0.6) is 11.5 Å². The fourth-order valence-corrected chi connectivity index (χ4v) is 2.54. The van der Waals surface area contributed by atoms with E-state index in [0.29, 0.717) is 5.75 Å². The molecule has 0 unspecified atom stereocenters. The van der Waals surface area contributed by atoms with Crippen molar-refractivity contribution < 1.29 is 13.9 Å². The van der Waals surface area contributed by atoms with E-state index in [0.717, 1.165) is 30.4 Å². The highest BCUT2D eigenvalue weighted by atomic mass is 19.1. The van der Waals surface area contributed by atoms with Crippen LogP contribution in [0.3, 0.4) is 0 Å². The lowest BCUT2D eigenvalue weighted by atomic mass is 9.71. The molecule has 94 valence electrons. The molecular weight excluding hydrogens is 221 g/mol. The van der Waals surface area contributed by atoms with Crippen molar-refractivity contribution in [1.29, 1.82) is 0 Å². The molecule has 1 aliphatic rings. The summed E-state index contributed by atoms with van der Waals surface area (Å²) in [7, 11) is 2.95. The molecule has 2 N–H and O–H groups in total. The summed E-state index contributed by atoms with van der Waals surface area (Å²) in [5, 5.41) is 0. The molecule has 0 aromatic heterocycles. The van der Waals surface area contributed by atoms with Gasteiger partial charge in [-0.15, -0.1) is 0 Å². The van der Waals surface area contributed by atoms with E-state index >= 15 is 0 Å². The Hall–Kier alpha value is -1.29. The molecule has 4 heteroatoms. The van der Waals surface area contributed by atoms with E-state index in [1.807, 2.05) is 6.92 Å². The maximum atomic E-state index is 13.7. The molecule has 17 heavy (non-hydrogen) atoms. The fraction of sp³-hybridized carbons (Fsp3) is 0.538. The minimum atomic E-state index is -0.409. The number of ether oxygens (including phenoxy) is 2. The predicted molar refractivity (Wildman–Crippen MR) is 64.0 cm³/mol. The van der Waals surface area contributed by atoms with Gasteiger partial charge < -0.3 is 15.2 Å². The zero-order valence-corrected chi connectivity index (χ0v) is 10.5. The topological polar surface area (TPSA) is 44.5 Å². The first-order valence-corrected chi connectivity index (χ1v) is 5.74. The van der Waals surface area contributed by atoms with Crippen molar-refractivity contribution in [3.63, 3.8) is 0 Å². The molecule has 0 amide bonds. The van der Waals surface area contributed by atoms with Crippen LogP contribution in [0, 0.1) is 12.7 Å². The minimum absolute atomic E-state index is 0.143. The van der Waals surface area contributed by atoms with E-state index in [1.54, 1.807) is 0 Å². The molecule has 3 nitrogen and oxygen atoms in total. The zero-order valence-electron chi connectivity index (χ0n) is 10.5. The molecule has 0 heterocycles. The van der Waals surface area contributed by atoms with Crippen LogP contribution in [-0.4, -0.2) is 14.2 Å². The highest BCUT2D eigenvalue weighted by Gasteiger charge is 2.39. The Labute approximate surface area is 101 Å². The molecule has 1 saturated carbocycles. The van der Waals surface area contributed by atoms with Crippen LogP contribution >= 0.6 is 0 Å². The number of nitrogens with two attached hydrogens (primary N) is 1. The standard InChI is InChI=1S/C13H18FNO2/c1-8-7-9(14)11(16-2)12(17-3)10(8)13(15)5-4-6-13/h7H,4-6,15H2,1-3H3. The molecule has 0 spiro atoms. The van der Waals surface area contributed by atoms with Gasteiger partial charge in [-0.1, -0.05) is 0 Å². The first kappa shape index (κ1) is 12.2. The van der Waals surface area contributed by atoms with Crippen LogP contribution in [0.25, 0.3) is 0 Å². The summed E-state index contributed by atoms with van der Waals surface area (Å²) in [5.74, 6) is 0.172. The quantitative estimate of drug-likeness (QED) is 0.881. The van der Waals surface area contributed by atoms with E-state index in [9.17, 15) is 4.39 Å². The van der Waals surface area contributed by atoms with E-state index in [-0.39, 0.29) is 5.75 Å². The van der Waals surface area contributed by atoms with Gasteiger partial charge in [-0.05, 0) is 37.8 Å². The van der Waals surface area contributed by atoms with Gasteiger partial charge in [-0.2, -0.15) is 0 Å². The minimum Gasteiger partial charge on any atom is -0.492 e. The lowest BCUT2D eigenvalue weighted by Gasteiger charge is -2.40. The number of halogens is 1. The third-order valence-corrected chi connectivity index (χ3v) is 3.54. The smallest absolute Gasteiger partial charge is 0.197 e. The van der Waals surface area contributed by atoms with Crippen molar-refractivity contribution in [3.05, 3.63) is 23.0 Å². The molecule has 2 rings (SSSR count). The lowest BCUT2D eigenvalue weighted by molar-refractivity contribution is 0.237. The van der Waals surface area contributed by atoms with Crippen LogP contribution < -0.4 is 15.2 Å². The monoisotopic (exact) mass is 239 g/mol. The maximum absolute atomic E-state index is 13.7. The van der Waals surface area contributed by atoms with E-state index < -0.39 is 11.4 Å². The lowest BCUT2D eigenvalue weighted by Crippen LogP contribution is -2.44. The van der Waals surface area contributed by atoms with Gasteiger partial charge in [0.15, 0.2) is 17.3 Å². The fourth-order valence-electron chi connectivity index (χ4n) is 2.54. The molecule has 1 aromatic carbocycles. The van der Waals surface area contributed by atoms with Gasteiger partial charge >= 0.3 is 0 Å². The normalized spacial score (nSPS) is 17.5. The molecular formula is C13H18FNO2. The molecule has 0 atom stereocenters. The second-order valence-electron chi connectivity index (χ2n) is 4.63. The number of benzene rings is 1. The average Bonchev–Trinajstić information content (AvgIpc) is 2.25. The summed E-state index contributed by atoms with van der Waals surface area (Å²) in [6.45, 7) is 1.85. The van der Waals surface area contributed by atoms with Gasteiger partial charge in [0.2, 0.25) is 0 Å². The zero-order chi connectivity index (χ0) is 12.6. The third kappa shape index (κ3) is 1.76. The summed E-state index contributed by atoms with van der Waals surface area (Å²) in [5.41, 5.74) is 7.63. The van der Waals surface area contributed by atoms with Crippen LogP contribution in [-0.2, 0) is 5.54 Å².